The highest BCUT2D eigenvalue weighted by Crippen LogP contribution is 2.40. The van der Waals surface area contributed by atoms with E-state index in [1.54, 1.807) is 24.3 Å². The average molecular weight is 519 g/mol. The molecule has 0 saturated carbocycles. The molecule has 4 rings (SSSR count). The van der Waals surface area contributed by atoms with Crippen molar-refractivity contribution in [3.63, 3.8) is 0 Å². The number of nitrogens with zero attached hydrogens (tertiary/aromatic N) is 2. The number of methoxy groups -OCH3 is 1. The number of carbonyl (C=O) groups excluding carboxylic acids is 2. The van der Waals surface area contributed by atoms with E-state index < -0.39 is 27.8 Å². The molecule has 2 aliphatic heterocycles. The van der Waals surface area contributed by atoms with E-state index in [0.717, 1.165) is 19.3 Å². The van der Waals surface area contributed by atoms with Crippen LogP contribution in [0.5, 0.6) is 0 Å². The standard InChI is InChI=1S/C25H27ClN2O6S/c1-34-15-14-28-22(18-6-5-7-19(26)16-18)21(24(30)25(28)31)23(29)17-8-10-20(11-9-17)35(32,33)27-12-3-2-4-13-27/h5-11,16,22,29H,2-4,12-15H2,1H3/b23-21+/t22-/m0/s1. The minimum atomic E-state index is -3.64. The van der Waals surface area contributed by atoms with Gasteiger partial charge < -0.3 is 14.7 Å². The Balaban J connectivity index is 1.74. The highest BCUT2D eigenvalue weighted by Gasteiger charge is 2.46. The maximum absolute atomic E-state index is 13.0. The summed E-state index contributed by atoms with van der Waals surface area (Å²) in [6, 6.07) is 11.6. The van der Waals surface area contributed by atoms with Crippen LogP contribution in [0.3, 0.4) is 0 Å². The molecule has 186 valence electrons. The van der Waals surface area contributed by atoms with Crippen molar-refractivity contribution < 1.29 is 27.9 Å². The Morgan fingerprint density at radius 1 is 1.09 bits per heavy atom. The fourth-order valence-electron chi connectivity index (χ4n) is 4.52. The van der Waals surface area contributed by atoms with Crippen LogP contribution in [-0.4, -0.2) is 67.8 Å². The predicted octanol–water partition coefficient (Wildman–Crippen LogP) is 3.58. The number of benzene rings is 2. The third-order valence-electron chi connectivity index (χ3n) is 6.32. The molecule has 2 aliphatic rings. The van der Waals surface area contributed by atoms with Gasteiger partial charge in [0.1, 0.15) is 5.76 Å². The zero-order valence-corrected chi connectivity index (χ0v) is 20.9. The zero-order valence-electron chi connectivity index (χ0n) is 19.3. The molecule has 1 N–H and O–H groups in total. The second kappa shape index (κ2) is 10.5. The van der Waals surface area contributed by atoms with E-state index in [1.807, 2.05) is 0 Å². The van der Waals surface area contributed by atoms with E-state index in [4.69, 9.17) is 16.3 Å². The number of aliphatic hydroxyl groups excluding tert-OH is 1. The molecule has 1 amide bonds. The highest BCUT2D eigenvalue weighted by molar-refractivity contribution is 7.89. The van der Waals surface area contributed by atoms with Gasteiger partial charge in [-0.1, -0.05) is 30.2 Å². The van der Waals surface area contributed by atoms with Crippen molar-refractivity contribution in [2.24, 2.45) is 0 Å². The number of ketones is 1. The summed E-state index contributed by atoms with van der Waals surface area (Å²) in [7, 11) is -2.15. The minimum Gasteiger partial charge on any atom is -0.507 e. The summed E-state index contributed by atoms with van der Waals surface area (Å²) in [5, 5.41) is 11.6. The Morgan fingerprint density at radius 3 is 2.40 bits per heavy atom. The number of Topliss-reactive ketones (excluding diaryl/α,β-unsaturated/α-hetero) is 1. The molecule has 8 nitrogen and oxygen atoms in total. The molecule has 1 atom stereocenters. The van der Waals surface area contributed by atoms with Crippen LogP contribution in [0.2, 0.25) is 5.02 Å². The fraction of sp³-hybridized carbons (Fsp3) is 0.360. The van der Waals surface area contributed by atoms with Crippen LogP contribution in [0.25, 0.3) is 5.76 Å². The van der Waals surface area contributed by atoms with Crippen LogP contribution in [-0.2, 0) is 24.3 Å². The Bertz CT molecular complexity index is 1250. The number of hydrogen-bond donors (Lipinski definition) is 1. The van der Waals surface area contributed by atoms with Crippen LogP contribution in [0.4, 0.5) is 0 Å². The van der Waals surface area contributed by atoms with Gasteiger partial charge in [-0.3, -0.25) is 9.59 Å². The van der Waals surface area contributed by atoms with Gasteiger partial charge in [0.2, 0.25) is 10.0 Å². The number of aliphatic hydroxyl groups is 1. The van der Waals surface area contributed by atoms with E-state index in [0.29, 0.717) is 23.7 Å². The molecule has 2 aromatic carbocycles. The Morgan fingerprint density at radius 2 is 1.77 bits per heavy atom. The fourth-order valence-corrected chi connectivity index (χ4v) is 6.23. The molecule has 0 radical (unpaired) electrons. The summed E-state index contributed by atoms with van der Waals surface area (Å²) in [4.78, 5) is 27.3. The van der Waals surface area contributed by atoms with Gasteiger partial charge in [-0.2, -0.15) is 4.31 Å². The summed E-state index contributed by atoms with van der Waals surface area (Å²) in [5.74, 6) is -1.96. The van der Waals surface area contributed by atoms with Crippen molar-refractivity contribution in [2.75, 3.05) is 33.4 Å². The first-order valence-electron chi connectivity index (χ1n) is 11.4. The Hall–Kier alpha value is -2.72. The van der Waals surface area contributed by atoms with E-state index in [1.165, 1.54) is 40.6 Å². The first-order valence-corrected chi connectivity index (χ1v) is 13.2. The van der Waals surface area contributed by atoms with Gasteiger partial charge in [0, 0.05) is 37.3 Å². The molecule has 2 saturated heterocycles. The predicted molar refractivity (Wildman–Crippen MR) is 131 cm³/mol. The van der Waals surface area contributed by atoms with Gasteiger partial charge in [0.25, 0.3) is 11.7 Å². The van der Waals surface area contributed by atoms with Gasteiger partial charge in [-0.05, 0) is 54.8 Å². The largest absolute Gasteiger partial charge is 0.507 e. The number of sulfonamides is 1. The number of amides is 1. The molecule has 0 aliphatic carbocycles. The van der Waals surface area contributed by atoms with Gasteiger partial charge in [-0.15, -0.1) is 0 Å². The summed E-state index contributed by atoms with van der Waals surface area (Å²) in [6.45, 7) is 1.30. The van der Waals surface area contributed by atoms with Crippen LogP contribution in [0.15, 0.2) is 59.0 Å². The van der Waals surface area contributed by atoms with Crippen molar-refractivity contribution in [3.05, 3.63) is 70.3 Å². The van der Waals surface area contributed by atoms with Crippen LogP contribution in [0.1, 0.15) is 36.4 Å². The van der Waals surface area contributed by atoms with Crippen molar-refractivity contribution in [2.45, 2.75) is 30.2 Å². The van der Waals surface area contributed by atoms with Gasteiger partial charge >= 0.3 is 0 Å². The lowest BCUT2D eigenvalue weighted by Gasteiger charge is -2.26. The van der Waals surface area contributed by atoms with Crippen LogP contribution in [0, 0.1) is 0 Å². The van der Waals surface area contributed by atoms with E-state index in [2.05, 4.69) is 0 Å². The lowest BCUT2D eigenvalue weighted by Crippen LogP contribution is -2.35. The Labute approximate surface area is 209 Å². The van der Waals surface area contributed by atoms with E-state index in [-0.39, 0.29) is 34.9 Å². The molecule has 0 aromatic heterocycles. The first kappa shape index (κ1) is 25.4. The van der Waals surface area contributed by atoms with Crippen LogP contribution < -0.4 is 0 Å². The monoisotopic (exact) mass is 518 g/mol. The van der Waals surface area contributed by atoms with Crippen LogP contribution >= 0.6 is 11.6 Å². The normalized spacial score (nSPS) is 21.0. The second-order valence-corrected chi connectivity index (χ2v) is 10.9. The number of likely N-dealkylation sites (tertiary alicyclic amines) is 1. The molecule has 2 fully saturated rings. The van der Waals surface area contributed by atoms with Gasteiger partial charge in [-0.25, -0.2) is 8.42 Å². The quantitative estimate of drug-likeness (QED) is 0.341. The molecule has 10 heteroatoms. The van der Waals surface area contributed by atoms with Crippen molar-refractivity contribution in [3.8, 4) is 0 Å². The van der Waals surface area contributed by atoms with E-state index in [9.17, 15) is 23.1 Å². The number of rotatable bonds is 7. The van der Waals surface area contributed by atoms with Gasteiger partial charge in [0.05, 0.1) is 23.1 Å². The lowest BCUT2D eigenvalue weighted by molar-refractivity contribution is -0.140. The number of hydrogen-bond acceptors (Lipinski definition) is 6. The number of carbonyl (C=O) groups is 2. The summed E-state index contributed by atoms with van der Waals surface area (Å²) < 4.78 is 32.5. The third kappa shape index (κ3) is 4.99. The van der Waals surface area contributed by atoms with Crippen molar-refractivity contribution in [1.29, 1.82) is 0 Å². The topological polar surface area (TPSA) is 104 Å². The van der Waals surface area contributed by atoms with E-state index >= 15 is 0 Å². The van der Waals surface area contributed by atoms with Gasteiger partial charge in [0.15, 0.2) is 0 Å². The maximum atomic E-state index is 13.0. The molecule has 35 heavy (non-hydrogen) atoms. The first-order chi connectivity index (χ1) is 16.8. The second-order valence-electron chi connectivity index (χ2n) is 8.53. The minimum absolute atomic E-state index is 0.0833. The Kier molecular flexibility index (Phi) is 7.61. The number of ether oxygens (including phenoxy) is 1. The molecular formula is C25H27ClN2O6S. The SMILES string of the molecule is COCCN1C(=O)C(=O)/C(=C(/O)c2ccc(S(=O)(=O)N3CCCCC3)cc2)[C@@H]1c1cccc(Cl)c1. The zero-order chi connectivity index (χ0) is 25.2. The average Bonchev–Trinajstić information content (AvgIpc) is 3.12. The molecule has 0 bridgehead atoms. The maximum Gasteiger partial charge on any atom is 0.295 e. The summed E-state index contributed by atoms with van der Waals surface area (Å²) in [6.07, 6.45) is 2.66. The lowest BCUT2D eigenvalue weighted by atomic mass is 9.95. The molecule has 2 heterocycles. The highest BCUT2D eigenvalue weighted by atomic mass is 35.5. The molecule has 0 unspecified atom stereocenters. The summed E-state index contributed by atoms with van der Waals surface area (Å²) >= 11 is 6.16. The molecule has 0 spiro atoms. The third-order valence-corrected chi connectivity index (χ3v) is 8.47. The number of piperidine rings is 1. The molecular weight excluding hydrogens is 492 g/mol. The number of halogens is 1. The smallest absolute Gasteiger partial charge is 0.295 e. The van der Waals surface area contributed by atoms with Crippen molar-refractivity contribution >= 4 is 39.1 Å². The molecule has 2 aromatic rings. The summed E-state index contributed by atoms with van der Waals surface area (Å²) in [5.41, 5.74) is 0.720. The van der Waals surface area contributed by atoms with Crippen molar-refractivity contribution in [1.82, 2.24) is 9.21 Å².